The van der Waals surface area contributed by atoms with Crippen molar-refractivity contribution in [2.24, 2.45) is 0 Å². The fourth-order valence-corrected chi connectivity index (χ4v) is 6.82. The molecule has 0 bridgehead atoms. The van der Waals surface area contributed by atoms with Crippen LogP contribution in [0.5, 0.6) is 0 Å². The van der Waals surface area contributed by atoms with Crippen molar-refractivity contribution in [1.29, 1.82) is 0 Å². The van der Waals surface area contributed by atoms with Crippen molar-refractivity contribution in [1.82, 2.24) is 9.62 Å². The number of benzene rings is 1. The predicted molar refractivity (Wildman–Crippen MR) is 118 cm³/mol. The first-order chi connectivity index (χ1) is 13.9. The third kappa shape index (κ3) is 5.31. The molecule has 0 spiro atoms. The van der Waals surface area contributed by atoms with Gasteiger partial charge in [0.25, 0.3) is 10.0 Å². The summed E-state index contributed by atoms with van der Waals surface area (Å²) in [5, 5.41) is 2.92. The number of para-hydroxylation sites is 1. The van der Waals surface area contributed by atoms with E-state index in [9.17, 15) is 13.2 Å². The van der Waals surface area contributed by atoms with Gasteiger partial charge in [-0.1, -0.05) is 29.8 Å². The highest BCUT2D eigenvalue weighted by Crippen LogP contribution is 2.32. The number of rotatable bonds is 9. The standard InChI is InChI=1S/C20H26ClN3O3S2/c1-2-23(16-8-4-3-5-9-16)14-7-13-22-20(25)17-10-6-15-24(17)29(26,27)19-12-11-18(21)28-19/h3-5,8-9,11-12,17H,2,6-7,10,13-15H2,1H3,(H,22,25). The van der Waals surface area contributed by atoms with Gasteiger partial charge in [-0.2, -0.15) is 4.31 Å². The van der Waals surface area contributed by atoms with E-state index in [1.54, 1.807) is 6.07 Å². The smallest absolute Gasteiger partial charge is 0.253 e. The van der Waals surface area contributed by atoms with Crippen LogP contribution in [-0.2, 0) is 14.8 Å². The molecule has 1 unspecified atom stereocenters. The molecular weight excluding hydrogens is 430 g/mol. The number of nitrogens with one attached hydrogen (secondary N) is 1. The molecule has 0 radical (unpaired) electrons. The van der Waals surface area contributed by atoms with Gasteiger partial charge in [0.2, 0.25) is 5.91 Å². The highest BCUT2D eigenvalue weighted by molar-refractivity contribution is 7.91. The Morgan fingerprint density at radius 3 is 2.69 bits per heavy atom. The summed E-state index contributed by atoms with van der Waals surface area (Å²) in [6.45, 7) is 4.67. The van der Waals surface area contributed by atoms with Crippen molar-refractivity contribution in [3.05, 3.63) is 46.8 Å². The van der Waals surface area contributed by atoms with Gasteiger partial charge in [0, 0.05) is 31.9 Å². The molecule has 1 atom stereocenters. The molecule has 2 heterocycles. The summed E-state index contributed by atoms with van der Waals surface area (Å²) in [5.74, 6) is -0.225. The normalized spacial score (nSPS) is 17.4. The molecule has 0 saturated carbocycles. The number of anilines is 1. The topological polar surface area (TPSA) is 69.7 Å². The maximum atomic E-state index is 12.9. The van der Waals surface area contributed by atoms with Crippen molar-refractivity contribution < 1.29 is 13.2 Å². The molecule has 29 heavy (non-hydrogen) atoms. The van der Waals surface area contributed by atoms with Crippen molar-refractivity contribution in [2.45, 2.75) is 36.4 Å². The van der Waals surface area contributed by atoms with E-state index in [1.165, 1.54) is 10.4 Å². The van der Waals surface area contributed by atoms with Gasteiger partial charge in [0.05, 0.1) is 4.34 Å². The number of hydrogen-bond acceptors (Lipinski definition) is 5. The highest BCUT2D eigenvalue weighted by atomic mass is 35.5. The van der Waals surface area contributed by atoms with Crippen LogP contribution in [0.2, 0.25) is 4.34 Å². The van der Waals surface area contributed by atoms with Gasteiger partial charge >= 0.3 is 0 Å². The summed E-state index contributed by atoms with van der Waals surface area (Å²) in [4.78, 5) is 14.9. The Hall–Kier alpha value is -1.61. The first-order valence-corrected chi connectivity index (χ1v) is 12.4. The fourth-order valence-electron chi connectivity index (χ4n) is 3.55. The van der Waals surface area contributed by atoms with E-state index in [0.29, 0.717) is 30.3 Å². The minimum absolute atomic E-state index is 0.184. The second kappa shape index (κ2) is 9.93. The van der Waals surface area contributed by atoms with Crippen LogP contribution in [0.3, 0.4) is 0 Å². The number of sulfonamides is 1. The van der Waals surface area contributed by atoms with Crippen molar-refractivity contribution in [3.8, 4) is 0 Å². The molecule has 1 amide bonds. The molecule has 1 fully saturated rings. The van der Waals surface area contributed by atoms with E-state index >= 15 is 0 Å². The number of nitrogens with zero attached hydrogens (tertiary/aromatic N) is 2. The van der Waals surface area contributed by atoms with Crippen LogP contribution in [0, 0.1) is 0 Å². The van der Waals surface area contributed by atoms with Gasteiger partial charge in [0.15, 0.2) is 0 Å². The molecule has 9 heteroatoms. The Kier molecular flexibility index (Phi) is 7.56. The lowest BCUT2D eigenvalue weighted by molar-refractivity contribution is -0.124. The second-order valence-corrected chi connectivity index (χ2v) is 10.7. The monoisotopic (exact) mass is 455 g/mol. The van der Waals surface area contributed by atoms with Crippen molar-refractivity contribution >= 4 is 44.6 Å². The Bertz CT molecular complexity index is 918. The molecule has 0 aliphatic carbocycles. The van der Waals surface area contributed by atoms with Crippen LogP contribution in [0.15, 0.2) is 46.7 Å². The first-order valence-electron chi connectivity index (χ1n) is 9.78. The Morgan fingerprint density at radius 1 is 1.28 bits per heavy atom. The van der Waals surface area contributed by atoms with E-state index < -0.39 is 16.1 Å². The summed E-state index contributed by atoms with van der Waals surface area (Å²) >= 11 is 6.91. The minimum Gasteiger partial charge on any atom is -0.372 e. The largest absolute Gasteiger partial charge is 0.372 e. The summed E-state index contributed by atoms with van der Waals surface area (Å²) in [5.41, 5.74) is 1.16. The first kappa shape index (κ1) is 22.1. The molecule has 2 aromatic rings. The molecule has 1 aliphatic heterocycles. The zero-order chi connectivity index (χ0) is 20.9. The number of thiophene rings is 1. The van der Waals surface area contributed by atoms with Crippen LogP contribution in [0.4, 0.5) is 5.69 Å². The van der Waals surface area contributed by atoms with E-state index in [-0.39, 0.29) is 10.1 Å². The fraction of sp³-hybridized carbons (Fsp3) is 0.450. The molecule has 1 N–H and O–H groups in total. The highest BCUT2D eigenvalue weighted by Gasteiger charge is 2.39. The van der Waals surface area contributed by atoms with Crippen LogP contribution >= 0.6 is 22.9 Å². The number of hydrogen-bond donors (Lipinski definition) is 1. The van der Waals surface area contributed by atoms with Gasteiger partial charge in [-0.25, -0.2) is 8.42 Å². The van der Waals surface area contributed by atoms with Gasteiger partial charge in [-0.15, -0.1) is 11.3 Å². The van der Waals surface area contributed by atoms with E-state index in [2.05, 4.69) is 29.3 Å². The van der Waals surface area contributed by atoms with Crippen LogP contribution in [0.25, 0.3) is 0 Å². The van der Waals surface area contributed by atoms with Gasteiger partial charge in [-0.3, -0.25) is 4.79 Å². The Balaban J connectivity index is 1.53. The zero-order valence-electron chi connectivity index (χ0n) is 16.4. The second-order valence-electron chi connectivity index (χ2n) is 6.89. The lowest BCUT2D eigenvalue weighted by atomic mass is 10.2. The quantitative estimate of drug-likeness (QED) is 0.586. The predicted octanol–water partition coefficient (Wildman–Crippen LogP) is 3.59. The number of amides is 1. The molecule has 158 valence electrons. The maximum absolute atomic E-state index is 12.9. The molecule has 6 nitrogen and oxygen atoms in total. The minimum atomic E-state index is -3.70. The SMILES string of the molecule is CCN(CCCNC(=O)C1CCCN1S(=O)(=O)c1ccc(Cl)s1)c1ccccc1. The van der Waals surface area contributed by atoms with Gasteiger partial charge in [0.1, 0.15) is 10.3 Å². The third-order valence-electron chi connectivity index (χ3n) is 5.02. The van der Waals surface area contributed by atoms with Gasteiger partial charge in [-0.05, 0) is 50.5 Å². The maximum Gasteiger partial charge on any atom is 0.253 e. The van der Waals surface area contributed by atoms with E-state index in [0.717, 1.165) is 36.5 Å². The lowest BCUT2D eigenvalue weighted by Gasteiger charge is -2.24. The zero-order valence-corrected chi connectivity index (χ0v) is 18.8. The number of carbonyl (C=O) groups excluding carboxylic acids is 1. The third-order valence-corrected chi connectivity index (χ3v) is 8.63. The number of halogens is 1. The van der Waals surface area contributed by atoms with Crippen LogP contribution in [0.1, 0.15) is 26.2 Å². The van der Waals surface area contributed by atoms with Crippen molar-refractivity contribution in [2.75, 3.05) is 31.1 Å². The molecule has 3 rings (SSSR count). The molecule has 1 saturated heterocycles. The molecular formula is C20H26ClN3O3S2. The summed E-state index contributed by atoms with van der Waals surface area (Å²) < 4.78 is 27.7. The lowest BCUT2D eigenvalue weighted by Crippen LogP contribution is -2.46. The average molecular weight is 456 g/mol. The Morgan fingerprint density at radius 2 is 2.03 bits per heavy atom. The molecule has 1 aromatic carbocycles. The average Bonchev–Trinajstić information content (AvgIpc) is 3.38. The summed E-state index contributed by atoms with van der Waals surface area (Å²) in [7, 11) is -3.70. The Labute approximate surface area is 181 Å². The van der Waals surface area contributed by atoms with Crippen LogP contribution < -0.4 is 10.2 Å². The van der Waals surface area contributed by atoms with E-state index in [1.807, 2.05) is 18.2 Å². The van der Waals surface area contributed by atoms with Gasteiger partial charge < -0.3 is 10.2 Å². The summed E-state index contributed by atoms with van der Waals surface area (Å²) in [6, 6.07) is 12.6. The molecule has 1 aliphatic rings. The molecule has 1 aromatic heterocycles. The number of carbonyl (C=O) groups is 1. The van der Waals surface area contributed by atoms with Crippen LogP contribution in [-0.4, -0.2) is 50.9 Å². The van der Waals surface area contributed by atoms with E-state index in [4.69, 9.17) is 11.6 Å². The summed E-state index contributed by atoms with van der Waals surface area (Å²) in [6.07, 6.45) is 2.00. The van der Waals surface area contributed by atoms with Crippen molar-refractivity contribution in [3.63, 3.8) is 0 Å².